The molecule has 0 radical (unpaired) electrons. The first-order valence-corrected chi connectivity index (χ1v) is 7.32. The van der Waals surface area contributed by atoms with Crippen molar-refractivity contribution in [1.29, 1.82) is 0 Å². The average Bonchev–Trinajstić information content (AvgIpc) is 2.33. The minimum Gasteiger partial charge on any atom is -0.484 e. The van der Waals surface area contributed by atoms with Gasteiger partial charge in [-0.1, -0.05) is 39.9 Å². The first-order chi connectivity index (χ1) is 8.79. The Kier molecular flexibility index (Phi) is 2.69. The van der Waals surface area contributed by atoms with E-state index in [0.29, 0.717) is 6.61 Å². The normalized spacial score (nSPS) is 22.8. The zero-order chi connectivity index (χ0) is 13.8. The van der Waals surface area contributed by atoms with Gasteiger partial charge in [0.2, 0.25) is 0 Å². The molecule has 1 aliphatic carbocycles. The molecule has 0 amide bonds. The van der Waals surface area contributed by atoms with Crippen molar-refractivity contribution in [3.8, 4) is 5.75 Å². The number of thiocarbonyl (C=S) groups is 1. The Labute approximate surface area is 120 Å². The number of rotatable bonds is 0. The SMILES string of the molecule is CC1(C)CCC(C)(C)c2cc3c(cc21)NC(=S)CO3. The Balaban J connectivity index is 2.20. The van der Waals surface area contributed by atoms with Crippen LogP contribution in [-0.4, -0.2) is 11.6 Å². The van der Waals surface area contributed by atoms with Gasteiger partial charge in [-0.05, 0) is 46.9 Å². The zero-order valence-electron chi connectivity index (χ0n) is 12.1. The summed E-state index contributed by atoms with van der Waals surface area (Å²) in [6.45, 7) is 9.80. The molecule has 0 atom stereocenters. The molecule has 1 N–H and O–H groups in total. The molecule has 1 aromatic rings. The van der Waals surface area contributed by atoms with Crippen LogP contribution in [0.4, 0.5) is 5.69 Å². The van der Waals surface area contributed by atoms with E-state index in [-0.39, 0.29) is 10.8 Å². The highest BCUT2D eigenvalue weighted by atomic mass is 32.1. The van der Waals surface area contributed by atoms with E-state index in [1.54, 1.807) is 0 Å². The second-order valence-corrected chi connectivity index (χ2v) is 7.49. The summed E-state index contributed by atoms with van der Waals surface area (Å²) in [4.78, 5) is 0.764. The Hall–Kier alpha value is -1.09. The van der Waals surface area contributed by atoms with Crippen molar-refractivity contribution in [2.45, 2.75) is 51.4 Å². The van der Waals surface area contributed by atoms with Gasteiger partial charge in [-0.3, -0.25) is 0 Å². The van der Waals surface area contributed by atoms with Gasteiger partial charge in [-0.2, -0.15) is 0 Å². The summed E-state index contributed by atoms with van der Waals surface area (Å²) in [7, 11) is 0. The molecule has 1 aromatic carbocycles. The molecule has 3 heteroatoms. The van der Waals surface area contributed by atoms with Gasteiger partial charge in [0.1, 0.15) is 17.3 Å². The maximum Gasteiger partial charge on any atom is 0.143 e. The van der Waals surface area contributed by atoms with E-state index >= 15 is 0 Å². The largest absolute Gasteiger partial charge is 0.484 e. The van der Waals surface area contributed by atoms with Crippen LogP contribution in [0.5, 0.6) is 5.75 Å². The number of benzene rings is 1. The van der Waals surface area contributed by atoms with Crippen LogP contribution in [0.1, 0.15) is 51.7 Å². The van der Waals surface area contributed by atoms with Gasteiger partial charge in [0.25, 0.3) is 0 Å². The molecule has 2 nitrogen and oxygen atoms in total. The van der Waals surface area contributed by atoms with Gasteiger partial charge < -0.3 is 10.1 Å². The molecule has 0 saturated carbocycles. The van der Waals surface area contributed by atoms with Gasteiger partial charge in [-0.15, -0.1) is 0 Å². The van der Waals surface area contributed by atoms with Crippen molar-refractivity contribution in [3.05, 3.63) is 23.3 Å². The molecule has 0 saturated heterocycles. The molecule has 0 fully saturated rings. The second-order valence-electron chi connectivity index (χ2n) is 7.00. The minimum absolute atomic E-state index is 0.223. The molecule has 1 aliphatic heterocycles. The molecular weight excluding hydrogens is 254 g/mol. The number of ether oxygens (including phenoxy) is 1. The fourth-order valence-electron chi connectivity index (χ4n) is 3.14. The number of anilines is 1. The average molecular weight is 275 g/mol. The summed E-state index contributed by atoms with van der Waals surface area (Å²) in [6, 6.07) is 4.47. The lowest BCUT2D eigenvalue weighted by atomic mass is 9.63. The van der Waals surface area contributed by atoms with Crippen LogP contribution in [0.15, 0.2) is 12.1 Å². The van der Waals surface area contributed by atoms with Crippen molar-refractivity contribution in [1.82, 2.24) is 0 Å². The van der Waals surface area contributed by atoms with Gasteiger partial charge in [0, 0.05) is 0 Å². The fourth-order valence-corrected chi connectivity index (χ4v) is 3.31. The highest BCUT2D eigenvalue weighted by Crippen LogP contribution is 2.49. The lowest BCUT2D eigenvalue weighted by molar-refractivity contribution is 0.326. The Morgan fingerprint density at radius 1 is 1.05 bits per heavy atom. The zero-order valence-corrected chi connectivity index (χ0v) is 12.9. The molecule has 0 spiro atoms. The van der Waals surface area contributed by atoms with E-state index in [1.165, 1.54) is 24.0 Å². The molecule has 3 rings (SSSR count). The predicted molar refractivity (Wildman–Crippen MR) is 83.4 cm³/mol. The Bertz CT molecular complexity index is 560. The number of hydrogen-bond donors (Lipinski definition) is 1. The second kappa shape index (κ2) is 3.95. The molecular formula is C16H21NOS. The molecule has 0 bridgehead atoms. The van der Waals surface area contributed by atoms with Crippen LogP contribution in [0.25, 0.3) is 0 Å². The monoisotopic (exact) mass is 275 g/mol. The van der Waals surface area contributed by atoms with Crippen LogP contribution in [-0.2, 0) is 10.8 Å². The molecule has 0 unspecified atom stereocenters. The fraction of sp³-hybridized carbons (Fsp3) is 0.562. The smallest absolute Gasteiger partial charge is 0.143 e. The lowest BCUT2D eigenvalue weighted by Crippen LogP contribution is -2.35. The molecule has 2 aliphatic rings. The Morgan fingerprint density at radius 3 is 2.26 bits per heavy atom. The molecule has 19 heavy (non-hydrogen) atoms. The van der Waals surface area contributed by atoms with Crippen molar-refractivity contribution < 1.29 is 4.74 Å². The van der Waals surface area contributed by atoms with Crippen molar-refractivity contribution >= 4 is 22.9 Å². The van der Waals surface area contributed by atoms with Crippen molar-refractivity contribution in [2.75, 3.05) is 11.9 Å². The topological polar surface area (TPSA) is 21.3 Å². The van der Waals surface area contributed by atoms with Crippen LogP contribution in [0, 0.1) is 0 Å². The van der Waals surface area contributed by atoms with Crippen molar-refractivity contribution in [2.24, 2.45) is 0 Å². The quantitative estimate of drug-likeness (QED) is 0.718. The van der Waals surface area contributed by atoms with E-state index in [9.17, 15) is 0 Å². The van der Waals surface area contributed by atoms with Crippen LogP contribution >= 0.6 is 12.2 Å². The van der Waals surface area contributed by atoms with Gasteiger partial charge in [-0.25, -0.2) is 0 Å². The summed E-state index contributed by atoms with van der Waals surface area (Å²) in [5.74, 6) is 0.943. The predicted octanol–water partition coefficient (Wildman–Crippen LogP) is 4.17. The summed E-state index contributed by atoms with van der Waals surface area (Å²) >= 11 is 5.20. The third kappa shape index (κ3) is 2.04. The first kappa shape index (κ1) is 12.9. The highest BCUT2D eigenvalue weighted by Gasteiger charge is 2.38. The van der Waals surface area contributed by atoms with E-state index in [0.717, 1.165) is 16.4 Å². The highest BCUT2D eigenvalue weighted by molar-refractivity contribution is 7.80. The third-order valence-corrected chi connectivity index (χ3v) is 4.81. The summed E-state index contributed by atoms with van der Waals surface area (Å²) in [5, 5.41) is 3.28. The first-order valence-electron chi connectivity index (χ1n) is 6.91. The van der Waals surface area contributed by atoms with Crippen LogP contribution < -0.4 is 10.1 Å². The molecule has 102 valence electrons. The van der Waals surface area contributed by atoms with E-state index in [1.807, 2.05) is 0 Å². The summed E-state index contributed by atoms with van der Waals surface area (Å²) in [6.07, 6.45) is 2.44. The summed E-state index contributed by atoms with van der Waals surface area (Å²) in [5.41, 5.74) is 4.34. The van der Waals surface area contributed by atoms with Crippen LogP contribution in [0.2, 0.25) is 0 Å². The maximum absolute atomic E-state index is 5.76. The maximum atomic E-state index is 5.76. The standard InChI is InChI=1S/C16H21NOS/c1-15(2)5-6-16(3,4)11-8-13-12(7-10(11)15)17-14(19)9-18-13/h7-8H,5-6,9H2,1-4H3,(H,17,19). The molecule has 0 aromatic heterocycles. The van der Waals surface area contributed by atoms with E-state index < -0.39 is 0 Å². The lowest BCUT2D eigenvalue weighted by Gasteiger charge is -2.42. The van der Waals surface area contributed by atoms with Crippen LogP contribution in [0.3, 0.4) is 0 Å². The van der Waals surface area contributed by atoms with Crippen molar-refractivity contribution in [3.63, 3.8) is 0 Å². The third-order valence-electron chi connectivity index (χ3n) is 4.59. The number of nitrogens with one attached hydrogen (secondary N) is 1. The van der Waals surface area contributed by atoms with E-state index in [4.69, 9.17) is 17.0 Å². The number of fused-ring (bicyclic) bond motifs is 2. The number of hydrogen-bond acceptors (Lipinski definition) is 2. The van der Waals surface area contributed by atoms with Gasteiger partial charge in [0.05, 0.1) is 5.69 Å². The minimum atomic E-state index is 0.223. The van der Waals surface area contributed by atoms with Gasteiger partial charge >= 0.3 is 0 Å². The van der Waals surface area contributed by atoms with Gasteiger partial charge in [0.15, 0.2) is 0 Å². The Morgan fingerprint density at radius 2 is 1.63 bits per heavy atom. The summed E-state index contributed by atoms with van der Waals surface area (Å²) < 4.78 is 5.76. The molecule has 1 heterocycles. The van der Waals surface area contributed by atoms with E-state index in [2.05, 4.69) is 45.1 Å².